The zero-order valence-electron chi connectivity index (χ0n) is 17.3. The second kappa shape index (κ2) is 8.67. The third-order valence-corrected chi connectivity index (χ3v) is 7.57. The molecule has 3 atom stereocenters. The van der Waals surface area contributed by atoms with Gasteiger partial charge in [-0.05, 0) is 32.9 Å². The van der Waals surface area contributed by atoms with E-state index in [0.717, 1.165) is 56.1 Å². The summed E-state index contributed by atoms with van der Waals surface area (Å²) in [5.41, 5.74) is 0. The van der Waals surface area contributed by atoms with Crippen LogP contribution in [0.5, 0.6) is 0 Å². The van der Waals surface area contributed by atoms with Gasteiger partial charge in [-0.1, -0.05) is 13.3 Å². The zero-order chi connectivity index (χ0) is 20.5. The van der Waals surface area contributed by atoms with Crippen molar-refractivity contribution in [3.8, 4) is 0 Å². The molecule has 3 fully saturated rings. The standard InChI is InChI=1S/C19H34N4O4S/c1-4-6-15-18-16(23(19(15)25)28(3,26)27)8-10-22(18)17(24)7-5-9-21-13-11-20(2)12-14-21/h15-16,18H,4-14H2,1-3H3/t15-,16+,18-/m1/s1. The van der Waals surface area contributed by atoms with Crippen LogP contribution < -0.4 is 0 Å². The van der Waals surface area contributed by atoms with Crippen molar-refractivity contribution >= 4 is 21.8 Å². The van der Waals surface area contributed by atoms with Gasteiger partial charge in [0, 0.05) is 39.1 Å². The molecule has 160 valence electrons. The Morgan fingerprint density at radius 3 is 2.43 bits per heavy atom. The van der Waals surface area contributed by atoms with Gasteiger partial charge in [-0.3, -0.25) is 9.59 Å². The number of likely N-dealkylation sites (tertiary alicyclic amines) is 1. The first-order valence-electron chi connectivity index (χ1n) is 10.5. The molecule has 8 nitrogen and oxygen atoms in total. The van der Waals surface area contributed by atoms with Crippen LogP contribution in [0.2, 0.25) is 0 Å². The topological polar surface area (TPSA) is 81.2 Å². The van der Waals surface area contributed by atoms with E-state index in [0.29, 0.717) is 25.8 Å². The van der Waals surface area contributed by atoms with Crippen molar-refractivity contribution < 1.29 is 18.0 Å². The Labute approximate surface area is 168 Å². The minimum atomic E-state index is -3.61. The van der Waals surface area contributed by atoms with Crippen molar-refractivity contribution in [1.29, 1.82) is 0 Å². The van der Waals surface area contributed by atoms with Crippen LogP contribution in [0.4, 0.5) is 0 Å². The first-order chi connectivity index (χ1) is 13.2. The molecular weight excluding hydrogens is 380 g/mol. The molecule has 2 amide bonds. The van der Waals surface area contributed by atoms with E-state index in [1.54, 1.807) is 4.90 Å². The highest BCUT2D eigenvalue weighted by atomic mass is 32.2. The summed E-state index contributed by atoms with van der Waals surface area (Å²) in [7, 11) is -1.48. The molecule has 0 unspecified atom stereocenters. The minimum Gasteiger partial charge on any atom is -0.337 e. The van der Waals surface area contributed by atoms with E-state index in [1.807, 2.05) is 6.92 Å². The van der Waals surface area contributed by atoms with E-state index in [9.17, 15) is 18.0 Å². The first-order valence-corrected chi connectivity index (χ1v) is 12.3. The Morgan fingerprint density at radius 2 is 1.82 bits per heavy atom. The Hall–Kier alpha value is -1.19. The van der Waals surface area contributed by atoms with Crippen molar-refractivity contribution in [2.24, 2.45) is 5.92 Å². The van der Waals surface area contributed by atoms with Crippen LogP contribution in [0.25, 0.3) is 0 Å². The quantitative estimate of drug-likeness (QED) is 0.592. The van der Waals surface area contributed by atoms with E-state index in [2.05, 4.69) is 16.8 Å². The summed E-state index contributed by atoms with van der Waals surface area (Å²) in [5.74, 6) is -0.658. The molecule has 28 heavy (non-hydrogen) atoms. The molecule has 3 aliphatic heterocycles. The van der Waals surface area contributed by atoms with E-state index in [1.165, 1.54) is 0 Å². The number of hydrogen-bond acceptors (Lipinski definition) is 6. The highest BCUT2D eigenvalue weighted by Crippen LogP contribution is 2.40. The summed E-state index contributed by atoms with van der Waals surface area (Å²) < 4.78 is 25.4. The number of nitrogens with zero attached hydrogens (tertiary/aromatic N) is 4. The average molecular weight is 415 g/mol. The number of rotatable bonds is 7. The van der Waals surface area contributed by atoms with Crippen LogP contribution in [-0.4, -0.2) is 104 Å². The van der Waals surface area contributed by atoms with Gasteiger partial charge in [0.1, 0.15) is 0 Å². The van der Waals surface area contributed by atoms with Crippen LogP contribution in [0.3, 0.4) is 0 Å². The summed E-state index contributed by atoms with van der Waals surface area (Å²) in [6.07, 6.45) is 4.32. The highest BCUT2D eigenvalue weighted by Gasteiger charge is 2.56. The lowest BCUT2D eigenvalue weighted by Gasteiger charge is -2.32. The zero-order valence-corrected chi connectivity index (χ0v) is 18.2. The number of carbonyl (C=O) groups excluding carboxylic acids is 2. The van der Waals surface area contributed by atoms with Gasteiger partial charge in [0.15, 0.2) is 0 Å². The molecule has 0 aromatic heterocycles. The van der Waals surface area contributed by atoms with E-state index in [4.69, 9.17) is 0 Å². The lowest BCUT2D eigenvalue weighted by atomic mass is 9.94. The summed E-state index contributed by atoms with van der Waals surface area (Å²) >= 11 is 0. The van der Waals surface area contributed by atoms with Crippen molar-refractivity contribution in [2.75, 3.05) is 52.6 Å². The molecule has 0 saturated carbocycles. The molecule has 0 aromatic rings. The van der Waals surface area contributed by atoms with Crippen LogP contribution in [0, 0.1) is 5.92 Å². The third-order valence-electron chi connectivity index (χ3n) is 6.41. The van der Waals surface area contributed by atoms with Gasteiger partial charge in [0.05, 0.1) is 24.3 Å². The fourth-order valence-electron chi connectivity index (χ4n) is 4.99. The van der Waals surface area contributed by atoms with Gasteiger partial charge in [0.25, 0.3) is 0 Å². The second-order valence-corrected chi connectivity index (χ2v) is 10.3. The molecule has 0 spiro atoms. The lowest BCUT2D eigenvalue weighted by Crippen LogP contribution is -2.45. The Bertz CT molecular complexity index is 690. The predicted molar refractivity (Wildman–Crippen MR) is 107 cm³/mol. The number of hydrogen-bond donors (Lipinski definition) is 0. The first kappa shape index (κ1) is 21.5. The number of piperazine rings is 1. The number of fused-ring (bicyclic) bond motifs is 1. The molecule has 3 rings (SSSR count). The summed E-state index contributed by atoms with van der Waals surface area (Å²) in [5, 5.41) is 0. The number of sulfonamides is 1. The summed E-state index contributed by atoms with van der Waals surface area (Å²) in [4.78, 5) is 32.2. The van der Waals surface area contributed by atoms with Gasteiger partial charge in [0.2, 0.25) is 21.8 Å². The lowest BCUT2D eigenvalue weighted by molar-refractivity contribution is -0.134. The average Bonchev–Trinajstić information content (AvgIpc) is 3.15. The van der Waals surface area contributed by atoms with E-state index >= 15 is 0 Å². The van der Waals surface area contributed by atoms with Crippen LogP contribution >= 0.6 is 0 Å². The normalized spacial score (nSPS) is 29.5. The Morgan fingerprint density at radius 1 is 1.14 bits per heavy atom. The molecule has 0 N–H and O–H groups in total. The maximum atomic E-state index is 12.9. The molecule has 0 radical (unpaired) electrons. The molecule has 3 aliphatic rings. The number of amides is 2. The Kier molecular flexibility index (Phi) is 6.66. The number of likely N-dealkylation sites (N-methyl/N-ethyl adjacent to an activating group) is 1. The van der Waals surface area contributed by atoms with Gasteiger partial charge in [-0.2, -0.15) is 0 Å². The smallest absolute Gasteiger partial charge is 0.241 e. The molecular formula is C19H34N4O4S. The molecule has 3 heterocycles. The molecule has 0 bridgehead atoms. The molecule has 9 heteroatoms. The van der Waals surface area contributed by atoms with Gasteiger partial charge >= 0.3 is 0 Å². The largest absolute Gasteiger partial charge is 0.337 e. The fraction of sp³-hybridized carbons (Fsp3) is 0.895. The fourth-order valence-corrected chi connectivity index (χ4v) is 6.17. The number of carbonyl (C=O) groups is 2. The monoisotopic (exact) mass is 414 g/mol. The SMILES string of the molecule is CCC[C@H]1C(=O)N(S(C)(=O)=O)[C@H]2CCN(C(=O)CCCN3CCN(C)CC3)[C@H]12. The van der Waals surface area contributed by atoms with Crippen LogP contribution in [0.15, 0.2) is 0 Å². The molecule has 3 saturated heterocycles. The van der Waals surface area contributed by atoms with E-state index < -0.39 is 15.9 Å². The van der Waals surface area contributed by atoms with Crippen molar-refractivity contribution in [2.45, 2.75) is 51.1 Å². The van der Waals surface area contributed by atoms with Crippen LogP contribution in [-0.2, 0) is 19.6 Å². The minimum absolute atomic E-state index is 0.0610. The Balaban J connectivity index is 1.61. The molecule has 0 aromatic carbocycles. The van der Waals surface area contributed by atoms with Gasteiger partial charge < -0.3 is 14.7 Å². The van der Waals surface area contributed by atoms with Crippen molar-refractivity contribution in [3.05, 3.63) is 0 Å². The third kappa shape index (κ3) is 4.36. The maximum absolute atomic E-state index is 12.9. The van der Waals surface area contributed by atoms with E-state index in [-0.39, 0.29) is 23.9 Å². The van der Waals surface area contributed by atoms with Crippen LogP contribution in [0.1, 0.15) is 39.0 Å². The summed E-state index contributed by atoms with van der Waals surface area (Å²) in [6.45, 7) is 7.64. The van der Waals surface area contributed by atoms with Crippen molar-refractivity contribution in [1.82, 2.24) is 19.0 Å². The maximum Gasteiger partial charge on any atom is 0.241 e. The predicted octanol–water partition coefficient (Wildman–Crippen LogP) is 0.202. The van der Waals surface area contributed by atoms with Crippen molar-refractivity contribution in [3.63, 3.8) is 0 Å². The molecule has 0 aliphatic carbocycles. The summed E-state index contributed by atoms with van der Waals surface area (Å²) in [6, 6.07) is -0.682. The van der Waals surface area contributed by atoms with Gasteiger partial charge in [-0.15, -0.1) is 0 Å². The van der Waals surface area contributed by atoms with Gasteiger partial charge in [-0.25, -0.2) is 12.7 Å². The highest BCUT2D eigenvalue weighted by molar-refractivity contribution is 7.88. The second-order valence-electron chi connectivity index (χ2n) is 8.47.